The van der Waals surface area contributed by atoms with Crippen LogP contribution in [0.15, 0.2) is 58.3 Å². The van der Waals surface area contributed by atoms with Crippen molar-refractivity contribution in [2.24, 2.45) is 0 Å². The molecule has 0 N–H and O–H groups in total. The fraction of sp³-hybridized carbons (Fsp3) is 0.0769. The lowest BCUT2D eigenvalue weighted by molar-refractivity contribution is 0.414. The van der Waals surface area contributed by atoms with Gasteiger partial charge >= 0.3 is 0 Å². The Labute approximate surface area is 116 Å². The van der Waals surface area contributed by atoms with Crippen LogP contribution in [-0.4, -0.2) is 7.11 Å². The van der Waals surface area contributed by atoms with E-state index in [1.165, 1.54) is 11.8 Å². The topological polar surface area (TPSA) is 9.23 Å². The van der Waals surface area contributed by atoms with E-state index < -0.39 is 0 Å². The summed E-state index contributed by atoms with van der Waals surface area (Å²) in [5, 5.41) is 1.08. The Hall–Kier alpha value is -0.830. The van der Waals surface area contributed by atoms with Crippen LogP contribution < -0.4 is 4.74 Å². The van der Waals surface area contributed by atoms with Crippen LogP contribution in [0.5, 0.6) is 5.75 Å². The zero-order chi connectivity index (χ0) is 12.8. The molecule has 0 atom stereocenters. The number of methoxy groups -OCH3 is 1. The van der Waals surface area contributed by atoms with Gasteiger partial charge in [0, 0.05) is 19.9 Å². The molecule has 0 bridgehead atoms. The highest BCUT2D eigenvalue weighted by molar-refractivity contribution is 8.03. The quantitative estimate of drug-likeness (QED) is 0.539. The van der Waals surface area contributed by atoms with E-state index in [2.05, 4.69) is 13.2 Å². The molecule has 1 rings (SSSR count). The maximum Gasteiger partial charge on any atom is 0.121 e. The van der Waals surface area contributed by atoms with Gasteiger partial charge in [0.05, 0.1) is 7.11 Å². The van der Waals surface area contributed by atoms with Crippen LogP contribution in [0.25, 0.3) is 0 Å². The highest BCUT2D eigenvalue weighted by Gasteiger charge is 2.02. The van der Waals surface area contributed by atoms with Gasteiger partial charge < -0.3 is 4.74 Å². The molecule has 0 aliphatic heterocycles. The average molecular weight is 287 g/mol. The van der Waals surface area contributed by atoms with Crippen molar-refractivity contribution in [2.45, 2.75) is 4.90 Å². The zero-order valence-corrected chi connectivity index (χ0v) is 11.7. The van der Waals surface area contributed by atoms with Gasteiger partial charge in [-0.05, 0) is 24.3 Å². The number of rotatable bonds is 5. The molecule has 90 valence electrons. The number of thioether (sulfide) groups is 1. The third-order valence-corrected chi connectivity index (χ3v) is 3.14. The lowest BCUT2D eigenvalue weighted by atomic mass is 10.3. The monoisotopic (exact) mass is 286 g/mol. The van der Waals surface area contributed by atoms with Crippen molar-refractivity contribution >= 4 is 35.0 Å². The van der Waals surface area contributed by atoms with Crippen molar-refractivity contribution in [3.63, 3.8) is 0 Å². The first kappa shape index (κ1) is 14.2. The van der Waals surface area contributed by atoms with E-state index in [0.29, 0.717) is 15.8 Å². The molecule has 1 aromatic rings. The summed E-state index contributed by atoms with van der Waals surface area (Å²) in [5.41, 5.74) is 0. The zero-order valence-electron chi connectivity index (χ0n) is 9.37. The molecule has 0 aliphatic rings. The maximum atomic E-state index is 5.98. The highest BCUT2D eigenvalue weighted by Crippen LogP contribution is 2.33. The second kappa shape index (κ2) is 6.80. The second-order valence-electron chi connectivity index (χ2n) is 3.13. The van der Waals surface area contributed by atoms with E-state index in [0.717, 1.165) is 9.80 Å². The van der Waals surface area contributed by atoms with Crippen molar-refractivity contribution in [1.82, 2.24) is 0 Å². The van der Waals surface area contributed by atoms with E-state index in [1.54, 1.807) is 25.3 Å². The maximum absolute atomic E-state index is 5.98. The number of hydrogen-bond acceptors (Lipinski definition) is 2. The van der Waals surface area contributed by atoms with Gasteiger partial charge in [-0.3, -0.25) is 0 Å². The van der Waals surface area contributed by atoms with Gasteiger partial charge in [-0.2, -0.15) is 0 Å². The molecule has 17 heavy (non-hydrogen) atoms. The number of hydrogen-bond donors (Lipinski definition) is 0. The predicted molar refractivity (Wildman–Crippen MR) is 77.1 cm³/mol. The molecule has 0 amide bonds. The molecule has 1 aromatic carbocycles. The van der Waals surface area contributed by atoms with Gasteiger partial charge in [-0.25, -0.2) is 0 Å². The van der Waals surface area contributed by atoms with Gasteiger partial charge in [0.15, 0.2) is 0 Å². The Bertz CT molecular complexity index is 466. The third kappa shape index (κ3) is 4.90. The summed E-state index contributed by atoms with van der Waals surface area (Å²) < 4.78 is 5.15. The lowest BCUT2D eigenvalue weighted by Crippen LogP contribution is -1.83. The molecule has 0 aromatic heterocycles. The Morgan fingerprint density at radius 3 is 2.65 bits per heavy atom. The minimum absolute atomic E-state index is 0.460. The van der Waals surface area contributed by atoms with Crippen molar-refractivity contribution in [3.05, 3.63) is 58.5 Å². The standard InChI is InChI=1S/C13H12Cl2OS/c1-4-12(5-9(2)14)17-13-7-10(15)6-11(8-13)16-3/h4-8H,1-2H2,3H3/b12-5+. The minimum Gasteiger partial charge on any atom is -0.497 e. The molecule has 0 heterocycles. The summed E-state index contributed by atoms with van der Waals surface area (Å²) in [6.45, 7) is 7.34. The summed E-state index contributed by atoms with van der Waals surface area (Å²) in [6.07, 6.45) is 3.46. The largest absolute Gasteiger partial charge is 0.497 e. The first-order valence-corrected chi connectivity index (χ1v) is 6.33. The van der Waals surface area contributed by atoms with Crippen LogP contribution in [0.2, 0.25) is 5.02 Å². The molecule has 0 unspecified atom stereocenters. The van der Waals surface area contributed by atoms with Gasteiger partial charge in [0.2, 0.25) is 0 Å². The van der Waals surface area contributed by atoms with E-state index in [4.69, 9.17) is 27.9 Å². The first-order chi connectivity index (χ1) is 8.05. The third-order valence-electron chi connectivity index (χ3n) is 1.82. The van der Waals surface area contributed by atoms with E-state index in [9.17, 15) is 0 Å². The van der Waals surface area contributed by atoms with Crippen molar-refractivity contribution < 1.29 is 4.74 Å². The molecule has 0 saturated heterocycles. The Morgan fingerprint density at radius 2 is 2.12 bits per heavy atom. The van der Waals surface area contributed by atoms with Gasteiger partial charge in [0.25, 0.3) is 0 Å². The molecule has 1 nitrogen and oxygen atoms in total. The number of ether oxygens (including phenoxy) is 1. The smallest absolute Gasteiger partial charge is 0.121 e. The lowest BCUT2D eigenvalue weighted by Gasteiger charge is -2.06. The molecular formula is C13H12Cl2OS. The fourth-order valence-electron chi connectivity index (χ4n) is 1.13. The summed E-state index contributed by atoms with van der Waals surface area (Å²) >= 11 is 13.2. The summed E-state index contributed by atoms with van der Waals surface area (Å²) in [6, 6.07) is 5.50. The normalized spacial score (nSPS) is 11.1. The first-order valence-electron chi connectivity index (χ1n) is 4.76. The summed E-state index contributed by atoms with van der Waals surface area (Å²) in [7, 11) is 1.60. The molecule has 0 radical (unpaired) electrons. The van der Waals surface area contributed by atoms with Crippen LogP contribution in [0, 0.1) is 0 Å². The molecule has 0 fully saturated rings. The second-order valence-corrected chi connectivity index (χ2v) is 5.20. The van der Waals surface area contributed by atoms with Gasteiger partial charge in [-0.1, -0.05) is 54.2 Å². The SMILES string of the molecule is C=C/C(=C\C(=C)Cl)Sc1cc(Cl)cc(OC)c1. The molecule has 0 spiro atoms. The Balaban J connectivity index is 2.97. The number of benzene rings is 1. The Morgan fingerprint density at radius 1 is 1.41 bits per heavy atom. The molecule has 0 aliphatic carbocycles. The Kier molecular flexibility index (Phi) is 5.69. The molecule has 0 saturated carbocycles. The van der Waals surface area contributed by atoms with Gasteiger partial charge in [0.1, 0.15) is 5.75 Å². The van der Waals surface area contributed by atoms with Crippen LogP contribution in [0.4, 0.5) is 0 Å². The molecule has 4 heteroatoms. The van der Waals surface area contributed by atoms with Crippen LogP contribution in [-0.2, 0) is 0 Å². The van der Waals surface area contributed by atoms with Crippen molar-refractivity contribution in [1.29, 1.82) is 0 Å². The highest BCUT2D eigenvalue weighted by atomic mass is 35.5. The summed E-state index contributed by atoms with van der Waals surface area (Å²) in [4.78, 5) is 1.85. The number of halogens is 2. The minimum atomic E-state index is 0.460. The van der Waals surface area contributed by atoms with E-state index >= 15 is 0 Å². The van der Waals surface area contributed by atoms with E-state index in [-0.39, 0.29) is 0 Å². The van der Waals surface area contributed by atoms with E-state index in [1.807, 2.05) is 12.1 Å². The number of allylic oxidation sites excluding steroid dienone is 3. The summed E-state index contributed by atoms with van der Waals surface area (Å²) in [5.74, 6) is 0.716. The predicted octanol–water partition coefficient (Wildman–Crippen LogP) is 5.26. The van der Waals surface area contributed by atoms with Crippen LogP contribution in [0.3, 0.4) is 0 Å². The average Bonchev–Trinajstić information content (AvgIpc) is 2.26. The van der Waals surface area contributed by atoms with Crippen molar-refractivity contribution in [2.75, 3.05) is 7.11 Å². The molecular weight excluding hydrogens is 275 g/mol. The van der Waals surface area contributed by atoms with Crippen LogP contribution >= 0.6 is 35.0 Å². The van der Waals surface area contributed by atoms with Crippen molar-refractivity contribution in [3.8, 4) is 5.75 Å². The fourth-order valence-corrected chi connectivity index (χ4v) is 2.52. The van der Waals surface area contributed by atoms with Crippen LogP contribution in [0.1, 0.15) is 0 Å². The van der Waals surface area contributed by atoms with Gasteiger partial charge in [-0.15, -0.1) is 0 Å².